The van der Waals surface area contributed by atoms with E-state index in [4.69, 9.17) is 0 Å². The molecule has 5 heteroatoms. The Kier molecular flexibility index (Phi) is 4.69. The molecule has 0 atom stereocenters. The first kappa shape index (κ1) is 17.4. The monoisotopic (exact) mass is 373 g/mol. The summed E-state index contributed by atoms with van der Waals surface area (Å²) < 4.78 is 2.14. The molecule has 2 aromatic carbocycles. The maximum atomic E-state index is 12.4. The lowest BCUT2D eigenvalue weighted by atomic mass is 10.2. The molecule has 1 amide bonds. The number of carbonyl (C=O) groups is 1. The van der Waals surface area contributed by atoms with Crippen LogP contribution in [0, 0.1) is 13.8 Å². The SMILES string of the molecule is Cc1ccccc1N=C1NC(=O)/C(=C/c2ccc(C)n2-c2ccccc2)S1. The fourth-order valence-corrected chi connectivity index (χ4v) is 3.83. The van der Waals surface area contributed by atoms with Gasteiger partial charge in [-0.3, -0.25) is 4.79 Å². The smallest absolute Gasteiger partial charge is 0.264 e. The van der Waals surface area contributed by atoms with Gasteiger partial charge in [-0.05, 0) is 67.6 Å². The highest BCUT2D eigenvalue weighted by atomic mass is 32.2. The van der Waals surface area contributed by atoms with Gasteiger partial charge in [-0.15, -0.1) is 0 Å². The van der Waals surface area contributed by atoms with Crippen LogP contribution in [0.2, 0.25) is 0 Å². The number of nitrogens with zero attached hydrogens (tertiary/aromatic N) is 2. The van der Waals surface area contributed by atoms with Crippen LogP contribution in [0.3, 0.4) is 0 Å². The number of hydrogen-bond acceptors (Lipinski definition) is 3. The van der Waals surface area contributed by atoms with Crippen LogP contribution < -0.4 is 5.32 Å². The van der Waals surface area contributed by atoms with Crippen LogP contribution in [0.5, 0.6) is 0 Å². The summed E-state index contributed by atoms with van der Waals surface area (Å²) in [6.07, 6.45) is 1.92. The van der Waals surface area contributed by atoms with E-state index < -0.39 is 0 Å². The van der Waals surface area contributed by atoms with E-state index in [1.54, 1.807) is 0 Å². The first-order chi connectivity index (χ1) is 13.1. The van der Waals surface area contributed by atoms with Crippen molar-refractivity contribution in [2.45, 2.75) is 13.8 Å². The summed E-state index contributed by atoms with van der Waals surface area (Å²) in [6, 6.07) is 22.1. The van der Waals surface area contributed by atoms with Gasteiger partial charge in [0.2, 0.25) is 0 Å². The third kappa shape index (κ3) is 3.59. The third-order valence-corrected chi connectivity index (χ3v) is 5.30. The topological polar surface area (TPSA) is 46.4 Å². The fraction of sp³-hybridized carbons (Fsp3) is 0.0909. The van der Waals surface area contributed by atoms with Gasteiger partial charge in [0.05, 0.1) is 10.6 Å². The van der Waals surface area contributed by atoms with E-state index in [-0.39, 0.29) is 5.91 Å². The number of aryl methyl sites for hydroxylation is 2. The molecule has 4 rings (SSSR count). The van der Waals surface area contributed by atoms with Gasteiger partial charge in [0.1, 0.15) is 0 Å². The van der Waals surface area contributed by atoms with Gasteiger partial charge in [-0.2, -0.15) is 0 Å². The summed E-state index contributed by atoms with van der Waals surface area (Å²) in [7, 11) is 0. The molecule has 1 saturated heterocycles. The molecule has 0 saturated carbocycles. The zero-order valence-corrected chi connectivity index (χ0v) is 16.0. The third-order valence-electron chi connectivity index (χ3n) is 4.39. The number of rotatable bonds is 3. The van der Waals surface area contributed by atoms with Gasteiger partial charge in [-0.25, -0.2) is 4.99 Å². The average Bonchev–Trinajstić information content (AvgIpc) is 3.20. The van der Waals surface area contributed by atoms with Crippen LogP contribution >= 0.6 is 11.8 Å². The lowest BCUT2D eigenvalue weighted by Gasteiger charge is -2.09. The lowest BCUT2D eigenvalue weighted by Crippen LogP contribution is -2.19. The van der Waals surface area contributed by atoms with E-state index in [0.29, 0.717) is 10.1 Å². The largest absolute Gasteiger partial charge is 0.314 e. The van der Waals surface area contributed by atoms with Gasteiger partial charge in [0.25, 0.3) is 5.91 Å². The lowest BCUT2D eigenvalue weighted by molar-refractivity contribution is -0.115. The molecule has 2 heterocycles. The molecule has 1 aliphatic rings. The average molecular weight is 373 g/mol. The molecule has 0 unspecified atom stereocenters. The number of aromatic nitrogens is 1. The minimum absolute atomic E-state index is 0.120. The maximum absolute atomic E-state index is 12.4. The highest BCUT2D eigenvalue weighted by Crippen LogP contribution is 2.30. The Morgan fingerprint density at radius 3 is 2.48 bits per heavy atom. The highest BCUT2D eigenvalue weighted by Gasteiger charge is 2.24. The Labute approximate surface area is 162 Å². The molecule has 27 heavy (non-hydrogen) atoms. The number of nitrogens with one attached hydrogen (secondary N) is 1. The zero-order valence-electron chi connectivity index (χ0n) is 15.1. The van der Waals surface area contributed by atoms with E-state index in [0.717, 1.165) is 28.3 Å². The summed E-state index contributed by atoms with van der Waals surface area (Å²) >= 11 is 1.37. The summed E-state index contributed by atoms with van der Waals surface area (Å²) in [5, 5.41) is 3.47. The van der Waals surface area contributed by atoms with Crippen molar-refractivity contribution >= 4 is 34.6 Å². The zero-order chi connectivity index (χ0) is 18.8. The number of amidine groups is 1. The number of thioether (sulfide) groups is 1. The predicted octanol–water partition coefficient (Wildman–Crippen LogP) is 4.99. The maximum Gasteiger partial charge on any atom is 0.264 e. The first-order valence-electron chi connectivity index (χ1n) is 8.71. The van der Waals surface area contributed by atoms with E-state index in [1.165, 1.54) is 11.8 Å². The number of para-hydroxylation sites is 2. The Morgan fingerprint density at radius 2 is 1.70 bits per heavy atom. The van der Waals surface area contributed by atoms with Crippen molar-refractivity contribution in [3.05, 3.63) is 88.6 Å². The standard InChI is InChI=1S/C22H19N3OS/c1-15-8-6-7-11-19(15)23-22-24-21(26)20(27-22)14-18-13-12-16(2)25(18)17-9-4-3-5-10-17/h3-14H,1-2H3,(H,23,24,26)/b20-14-. The highest BCUT2D eigenvalue weighted by molar-refractivity contribution is 8.18. The minimum Gasteiger partial charge on any atom is -0.314 e. The molecular formula is C22H19N3OS. The number of aliphatic imine (C=N–C) groups is 1. The second-order valence-electron chi connectivity index (χ2n) is 6.34. The first-order valence-corrected chi connectivity index (χ1v) is 9.52. The van der Waals surface area contributed by atoms with Crippen LogP contribution in [0.4, 0.5) is 5.69 Å². The molecule has 4 nitrogen and oxygen atoms in total. The molecular weight excluding hydrogens is 354 g/mol. The Balaban J connectivity index is 1.67. The van der Waals surface area contributed by atoms with Crippen molar-refractivity contribution in [2.75, 3.05) is 0 Å². The van der Waals surface area contributed by atoms with E-state index in [1.807, 2.05) is 61.5 Å². The number of amides is 1. The minimum atomic E-state index is -0.120. The molecule has 0 radical (unpaired) electrons. The van der Waals surface area contributed by atoms with Crippen LogP contribution in [-0.2, 0) is 4.79 Å². The van der Waals surface area contributed by atoms with Gasteiger partial charge < -0.3 is 9.88 Å². The van der Waals surface area contributed by atoms with Crippen LogP contribution in [0.25, 0.3) is 11.8 Å². The Morgan fingerprint density at radius 1 is 0.963 bits per heavy atom. The van der Waals surface area contributed by atoms with Crippen molar-refractivity contribution in [3.63, 3.8) is 0 Å². The van der Waals surface area contributed by atoms with Crippen molar-refractivity contribution in [2.24, 2.45) is 4.99 Å². The molecule has 1 N–H and O–H groups in total. The van der Waals surface area contributed by atoms with Gasteiger partial charge in [0.15, 0.2) is 5.17 Å². The van der Waals surface area contributed by atoms with E-state index in [9.17, 15) is 4.79 Å². The van der Waals surface area contributed by atoms with Crippen molar-refractivity contribution in [1.82, 2.24) is 9.88 Å². The quantitative estimate of drug-likeness (QED) is 0.658. The summed E-state index contributed by atoms with van der Waals surface area (Å²) in [5.74, 6) is -0.120. The predicted molar refractivity (Wildman–Crippen MR) is 112 cm³/mol. The second-order valence-corrected chi connectivity index (χ2v) is 7.37. The van der Waals surface area contributed by atoms with Gasteiger partial charge >= 0.3 is 0 Å². The number of benzene rings is 2. The number of hydrogen-bond donors (Lipinski definition) is 1. The second kappa shape index (κ2) is 7.29. The summed E-state index contributed by atoms with van der Waals surface area (Å²) in [5.41, 5.74) is 5.10. The van der Waals surface area contributed by atoms with Gasteiger partial charge in [-0.1, -0.05) is 36.4 Å². The van der Waals surface area contributed by atoms with Gasteiger partial charge in [0, 0.05) is 17.1 Å². The van der Waals surface area contributed by atoms with E-state index >= 15 is 0 Å². The van der Waals surface area contributed by atoms with Crippen LogP contribution in [-0.4, -0.2) is 15.6 Å². The molecule has 1 fully saturated rings. The molecule has 1 aromatic heterocycles. The number of carbonyl (C=O) groups excluding carboxylic acids is 1. The van der Waals surface area contributed by atoms with Crippen LogP contribution in [0.1, 0.15) is 17.0 Å². The normalized spacial score (nSPS) is 16.9. The molecule has 0 bridgehead atoms. The van der Waals surface area contributed by atoms with Crippen molar-refractivity contribution < 1.29 is 4.79 Å². The molecule has 0 aliphatic carbocycles. The van der Waals surface area contributed by atoms with Crippen LogP contribution in [0.15, 0.2) is 76.6 Å². The molecule has 3 aromatic rings. The fourth-order valence-electron chi connectivity index (χ4n) is 3.01. The molecule has 1 aliphatic heterocycles. The summed E-state index contributed by atoms with van der Waals surface area (Å²) in [6.45, 7) is 4.06. The van der Waals surface area contributed by atoms with Crippen molar-refractivity contribution in [3.8, 4) is 5.69 Å². The summed E-state index contributed by atoms with van der Waals surface area (Å²) in [4.78, 5) is 17.7. The molecule has 134 valence electrons. The Bertz CT molecular complexity index is 1060. The van der Waals surface area contributed by atoms with E-state index in [2.05, 4.69) is 40.0 Å². The van der Waals surface area contributed by atoms with Crippen molar-refractivity contribution in [1.29, 1.82) is 0 Å². The molecule has 0 spiro atoms. The Hall–Kier alpha value is -3.05.